The maximum absolute atomic E-state index is 14.5. The summed E-state index contributed by atoms with van der Waals surface area (Å²) in [4.78, 5) is 23.1. The van der Waals surface area contributed by atoms with Crippen LogP contribution < -0.4 is 5.32 Å². The lowest BCUT2D eigenvalue weighted by Gasteiger charge is -2.15. The number of carboxylic acid groups (broad SMARTS) is 1. The number of halogens is 1. The molecule has 0 aliphatic carbocycles. The highest BCUT2D eigenvalue weighted by molar-refractivity contribution is 5.87. The molecule has 0 bridgehead atoms. The van der Waals surface area contributed by atoms with E-state index in [4.69, 9.17) is 5.11 Å². The number of aromatic carboxylic acids is 1. The molecule has 3 rings (SSSR count). The van der Waals surface area contributed by atoms with Gasteiger partial charge in [0.15, 0.2) is 0 Å². The molecule has 0 spiro atoms. The van der Waals surface area contributed by atoms with Gasteiger partial charge < -0.3 is 10.4 Å². The molecule has 0 saturated carbocycles. The molecule has 1 aromatic heterocycles. The van der Waals surface area contributed by atoms with Crippen LogP contribution in [0, 0.1) is 12.7 Å². The molecule has 1 atom stereocenters. The number of hydrogen-bond acceptors (Lipinski definition) is 3. The van der Waals surface area contributed by atoms with Gasteiger partial charge in [-0.3, -0.25) is 4.79 Å². The number of carbonyl (C=O) groups is 2. The summed E-state index contributed by atoms with van der Waals surface area (Å²) < 4.78 is 16.0. The second kappa shape index (κ2) is 8.68. The number of amides is 1. The standard InChI is InChI=1S/C22H22FN3O3/c1-14-12-24-26(13-14)20-9-8-18(11-19(20)23)15(2)25-21(27)10-5-16-3-6-17(7-4-16)22(28)29/h3-4,6-9,11-13,15H,5,10H2,1-2H3,(H,25,27)(H,28,29). The maximum atomic E-state index is 14.5. The van der Waals surface area contributed by atoms with Crippen molar-refractivity contribution in [2.45, 2.75) is 32.7 Å². The molecule has 150 valence electrons. The molecule has 6 nitrogen and oxygen atoms in total. The Kier molecular flexibility index (Phi) is 6.07. The van der Waals surface area contributed by atoms with Crippen LogP contribution in [0.4, 0.5) is 4.39 Å². The van der Waals surface area contributed by atoms with E-state index >= 15 is 0 Å². The molecular formula is C22H22FN3O3. The highest BCUT2D eigenvalue weighted by atomic mass is 19.1. The number of nitrogens with one attached hydrogen (secondary N) is 1. The smallest absolute Gasteiger partial charge is 0.335 e. The number of rotatable bonds is 7. The fraction of sp³-hybridized carbons (Fsp3) is 0.227. The number of aryl methyl sites for hydroxylation is 2. The fourth-order valence-corrected chi connectivity index (χ4v) is 2.99. The van der Waals surface area contributed by atoms with Gasteiger partial charge in [0.25, 0.3) is 0 Å². The minimum Gasteiger partial charge on any atom is -0.478 e. The van der Waals surface area contributed by atoms with Gasteiger partial charge in [-0.2, -0.15) is 5.10 Å². The van der Waals surface area contributed by atoms with E-state index in [0.29, 0.717) is 17.7 Å². The van der Waals surface area contributed by atoms with Gasteiger partial charge in [0, 0.05) is 12.6 Å². The number of benzene rings is 2. The molecule has 0 aliphatic rings. The lowest BCUT2D eigenvalue weighted by atomic mass is 10.1. The highest BCUT2D eigenvalue weighted by Gasteiger charge is 2.13. The summed E-state index contributed by atoms with van der Waals surface area (Å²) in [6, 6.07) is 10.9. The SMILES string of the molecule is Cc1cnn(-c2ccc(C(C)NC(=O)CCc3ccc(C(=O)O)cc3)cc2F)c1. The van der Waals surface area contributed by atoms with Gasteiger partial charge in [-0.25, -0.2) is 13.9 Å². The van der Waals surface area contributed by atoms with E-state index in [1.807, 2.05) is 6.92 Å². The van der Waals surface area contributed by atoms with Crippen LogP contribution in [-0.2, 0) is 11.2 Å². The average molecular weight is 395 g/mol. The van der Waals surface area contributed by atoms with Crippen molar-refractivity contribution in [3.8, 4) is 5.69 Å². The van der Waals surface area contributed by atoms with E-state index < -0.39 is 11.8 Å². The predicted molar refractivity (Wildman–Crippen MR) is 107 cm³/mol. The van der Waals surface area contributed by atoms with Gasteiger partial charge in [-0.15, -0.1) is 0 Å². The van der Waals surface area contributed by atoms with Crippen molar-refractivity contribution in [3.05, 3.63) is 82.9 Å². The zero-order valence-electron chi connectivity index (χ0n) is 16.2. The highest BCUT2D eigenvalue weighted by Crippen LogP contribution is 2.20. The van der Waals surface area contributed by atoms with Crippen LogP contribution in [0.2, 0.25) is 0 Å². The number of nitrogens with zero attached hydrogens (tertiary/aromatic N) is 2. The third kappa shape index (κ3) is 5.07. The molecule has 1 heterocycles. The summed E-state index contributed by atoms with van der Waals surface area (Å²) in [7, 11) is 0. The van der Waals surface area contributed by atoms with Crippen molar-refractivity contribution in [2.24, 2.45) is 0 Å². The van der Waals surface area contributed by atoms with Gasteiger partial charge in [0.2, 0.25) is 5.91 Å². The first-order chi connectivity index (χ1) is 13.8. The molecule has 29 heavy (non-hydrogen) atoms. The molecule has 7 heteroatoms. The van der Waals surface area contributed by atoms with Gasteiger partial charge in [0.05, 0.1) is 17.8 Å². The van der Waals surface area contributed by atoms with Gasteiger partial charge in [0.1, 0.15) is 11.5 Å². The normalized spacial score (nSPS) is 11.8. The van der Waals surface area contributed by atoms with Crippen LogP contribution in [0.15, 0.2) is 54.9 Å². The summed E-state index contributed by atoms with van der Waals surface area (Å²) in [5, 5.41) is 15.9. The van der Waals surface area contributed by atoms with Crippen LogP contribution >= 0.6 is 0 Å². The first-order valence-electron chi connectivity index (χ1n) is 9.26. The summed E-state index contributed by atoms with van der Waals surface area (Å²) >= 11 is 0. The van der Waals surface area contributed by atoms with E-state index in [1.165, 1.54) is 22.9 Å². The van der Waals surface area contributed by atoms with Crippen LogP contribution in [0.1, 0.15) is 46.4 Å². The fourth-order valence-electron chi connectivity index (χ4n) is 2.99. The molecule has 1 unspecified atom stereocenters. The number of carbonyl (C=O) groups excluding carboxylic acids is 1. The second-order valence-electron chi connectivity index (χ2n) is 6.96. The number of carboxylic acids is 1. The molecule has 0 aliphatic heterocycles. The molecule has 1 amide bonds. The Morgan fingerprint density at radius 1 is 1.21 bits per heavy atom. The third-order valence-electron chi connectivity index (χ3n) is 4.65. The third-order valence-corrected chi connectivity index (χ3v) is 4.65. The van der Waals surface area contributed by atoms with Crippen molar-refractivity contribution in [1.29, 1.82) is 0 Å². The first-order valence-corrected chi connectivity index (χ1v) is 9.26. The maximum Gasteiger partial charge on any atom is 0.335 e. The lowest BCUT2D eigenvalue weighted by molar-refractivity contribution is -0.121. The molecule has 0 fully saturated rings. The monoisotopic (exact) mass is 395 g/mol. The minimum atomic E-state index is -0.982. The average Bonchev–Trinajstić information content (AvgIpc) is 3.12. The minimum absolute atomic E-state index is 0.160. The Morgan fingerprint density at radius 2 is 1.93 bits per heavy atom. The van der Waals surface area contributed by atoms with Crippen molar-refractivity contribution >= 4 is 11.9 Å². The largest absolute Gasteiger partial charge is 0.478 e. The number of aromatic nitrogens is 2. The molecule has 0 radical (unpaired) electrons. The van der Waals surface area contributed by atoms with Crippen LogP contribution in [0.3, 0.4) is 0 Å². The van der Waals surface area contributed by atoms with Gasteiger partial charge in [-0.1, -0.05) is 18.2 Å². The van der Waals surface area contributed by atoms with Crippen LogP contribution in [0.25, 0.3) is 5.69 Å². The van der Waals surface area contributed by atoms with Crippen LogP contribution in [0.5, 0.6) is 0 Å². The van der Waals surface area contributed by atoms with Crippen molar-refractivity contribution in [2.75, 3.05) is 0 Å². The molecular weight excluding hydrogens is 373 g/mol. The summed E-state index contributed by atoms with van der Waals surface area (Å²) in [6.07, 6.45) is 4.14. The Hall–Kier alpha value is -3.48. The predicted octanol–water partition coefficient (Wildman–Crippen LogP) is 3.83. The van der Waals surface area contributed by atoms with Gasteiger partial charge in [-0.05, 0) is 61.2 Å². The quantitative estimate of drug-likeness (QED) is 0.637. The van der Waals surface area contributed by atoms with Crippen molar-refractivity contribution in [1.82, 2.24) is 15.1 Å². The first kappa shape index (κ1) is 20.3. The summed E-state index contributed by atoms with van der Waals surface area (Å²) in [5.41, 5.74) is 3.04. The summed E-state index contributed by atoms with van der Waals surface area (Å²) in [5.74, 6) is -1.55. The molecule has 3 aromatic rings. The molecule has 2 N–H and O–H groups in total. The van der Waals surface area contributed by atoms with E-state index in [9.17, 15) is 14.0 Å². The molecule has 2 aromatic carbocycles. The van der Waals surface area contributed by atoms with Crippen molar-refractivity contribution < 1.29 is 19.1 Å². The Morgan fingerprint density at radius 3 is 2.52 bits per heavy atom. The Bertz CT molecular complexity index is 1030. The van der Waals surface area contributed by atoms with Gasteiger partial charge >= 0.3 is 5.97 Å². The Labute approximate surface area is 168 Å². The zero-order chi connectivity index (χ0) is 21.0. The second-order valence-corrected chi connectivity index (χ2v) is 6.96. The van der Waals surface area contributed by atoms with Crippen LogP contribution in [-0.4, -0.2) is 26.8 Å². The Balaban J connectivity index is 1.57. The topological polar surface area (TPSA) is 84.2 Å². The zero-order valence-corrected chi connectivity index (χ0v) is 16.2. The van der Waals surface area contributed by atoms with Crippen molar-refractivity contribution in [3.63, 3.8) is 0 Å². The van der Waals surface area contributed by atoms with E-state index in [0.717, 1.165) is 11.1 Å². The molecule has 0 saturated heterocycles. The van der Waals surface area contributed by atoms with E-state index in [1.54, 1.807) is 43.6 Å². The van der Waals surface area contributed by atoms with E-state index in [2.05, 4.69) is 10.4 Å². The number of hydrogen-bond donors (Lipinski definition) is 2. The lowest BCUT2D eigenvalue weighted by Crippen LogP contribution is -2.27. The van der Waals surface area contributed by atoms with E-state index in [-0.39, 0.29) is 23.9 Å². The summed E-state index contributed by atoms with van der Waals surface area (Å²) in [6.45, 7) is 3.68.